The highest BCUT2D eigenvalue weighted by molar-refractivity contribution is 5.85. The maximum atomic E-state index is 13.1. The van der Waals surface area contributed by atoms with Crippen molar-refractivity contribution in [2.75, 3.05) is 34.4 Å². The summed E-state index contributed by atoms with van der Waals surface area (Å²) in [5.41, 5.74) is 3.40. The van der Waals surface area contributed by atoms with Crippen molar-refractivity contribution in [2.45, 2.75) is 34.1 Å². The Hall–Kier alpha value is -2.43. The molecule has 1 aromatic rings. The first-order chi connectivity index (χ1) is 13.7. The SMILES string of the molecule is COc1cc(OC)c(C2=CCN(C(=O)[C@H]3[C@H](C=C(C)C)C3(C)C)CC2)c(OC)c1. The lowest BCUT2D eigenvalue weighted by atomic mass is 9.96. The van der Waals surface area contributed by atoms with Gasteiger partial charge in [-0.3, -0.25) is 4.79 Å². The second-order valence-corrected chi connectivity index (χ2v) is 8.74. The van der Waals surface area contributed by atoms with Crippen LogP contribution >= 0.6 is 0 Å². The van der Waals surface area contributed by atoms with Crippen LogP contribution in [0.2, 0.25) is 0 Å². The van der Waals surface area contributed by atoms with Crippen molar-refractivity contribution in [1.29, 1.82) is 0 Å². The van der Waals surface area contributed by atoms with Crippen molar-refractivity contribution < 1.29 is 19.0 Å². The molecule has 1 amide bonds. The van der Waals surface area contributed by atoms with E-state index in [1.807, 2.05) is 17.0 Å². The highest BCUT2D eigenvalue weighted by Crippen LogP contribution is 2.60. The lowest BCUT2D eigenvalue weighted by molar-refractivity contribution is -0.133. The molecular formula is C24H33NO4. The first kappa shape index (κ1) is 21.3. The number of carbonyl (C=O) groups excluding carboxylic acids is 1. The third kappa shape index (κ3) is 4.00. The van der Waals surface area contributed by atoms with Crippen LogP contribution in [0, 0.1) is 17.3 Å². The van der Waals surface area contributed by atoms with E-state index in [1.54, 1.807) is 21.3 Å². The number of carbonyl (C=O) groups is 1. The quantitative estimate of drug-likeness (QED) is 0.658. The molecule has 2 aliphatic rings. The molecule has 0 spiro atoms. The number of amides is 1. The first-order valence-corrected chi connectivity index (χ1v) is 10.2. The van der Waals surface area contributed by atoms with Gasteiger partial charge in [-0.15, -0.1) is 0 Å². The van der Waals surface area contributed by atoms with Gasteiger partial charge in [0, 0.05) is 25.2 Å². The van der Waals surface area contributed by atoms with Crippen LogP contribution in [0.25, 0.3) is 5.57 Å². The molecule has 1 aliphatic heterocycles. The second kappa shape index (κ2) is 8.13. The Balaban J connectivity index is 1.80. The van der Waals surface area contributed by atoms with Gasteiger partial charge >= 0.3 is 0 Å². The van der Waals surface area contributed by atoms with Gasteiger partial charge in [0.25, 0.3) is 0 Å². The van der Waals surface area contributed by atoms with Crippen molar-refractivity contribution in [3.05, 3.63) is 35.4 Å². The first-order valence-electron chi connectivity index (χ1n) is 10.2. The van der Waals surface area contributed by atoms with Crippen LogP contribution in [0.1, 0.15) is 39.7 Å². The molecule has 1 aromatic carbocycles. The largest absolute Gasteiger partial charge is 0.496 e. The minimum absolute atomic E-state index is 0.0424. The average Bonchev–Trinajstić information content (AvgIpc) is 3.25. The van der Waals surface area contributed by atoms with E-state index in [1.165, 1.54) is 5.57 Å². The van der Waals surface area contributed by atoms with Crippen molar-refractivity contribution in [1.82, 2.24) is 4.90 Å². The van der Waals surface area contributed by atoms with Crippen molar-refractivity contribution in [3.8, 4) is 17.2 Å². The minimum Gasteiger partial charge on any atom is -0.496 e. The molecule has 0 N–H and O–H groups in total. The van der Waals surface area contributed by atoms with Crippen molar-refractivity contribution >= 4 is 11.5 Å². The maximum absolute atomic E-state index is 13.1. The number of allylic oxidation sites excluding steroid dienone is 2. The number of benzene rings is 1. The van der Waals surface area contributed by atoms with Crippen LogP contribution in [0.5, 0.6) is 17.2 Å². The molecule has 1 aliphatic carbocycles. The lowest BCUT2D eigenvalue weighted by Gasteiger charge is -2.28. The van der Waals surface area contributed by atoms with Gasteiger partial charge in [-0.05, 0) is 37.2 Å². The Morgan fingerprint density at radius 1 is 1.10 bits per heavy atom. The summed E-state index contributed by atoms with van der Waals surface area (Å²) in [7, 11) is 4.92. The van der Waals surface area contributed by atoms with E-state index < -0.39 is 0 Å². The van der Waals surface area contributed by atoms with Crippen LogP contribution < -0.4 is 14.2 Å². The maximum Gasteiger partial charge on any atom is 0.227 e. The molecule has 0 aromatic heterocycles. The lowest BCUT2D eigenvalue weighted by Crippen LogP contribution is -2.36. The van der Waals surface area contributed by atoms with Gasteiger partial charge < -0.3 is 19.1 Å². The van der Waals surface area contributed by atoms with E-state index >= 15 is 0 Å². The normalized spacial score (nSPS) is 22.4. The number of ether oxygens (including phenoxy) is 3. The Bertz CT molecular complexity index is 823. The molecule has 0 unspecified atom stereocenters. The minimum atomic E-state index is 0.0424. The Labute approximate surface area is 174 Å². The number of hydrogen-bond donors (Lipinski definition) is 0. The predicted molar refractivity (Wildman–Crippen MR) is 115 cm³/mol. The zero-order valence-corrected chi connectivity index (χ0v) is 18.7. The van der Waals surface area contributed by atoms with Gasteiger partial charge in [0.1, 0.15) is 17.2 Å². The highest BCUT2D eigenvalue weighted by atomic mass is 16.5. The van der Waals surface area contributed by atoms with Gasteiger partial charge in [0.05, 0.1) is 32.8 Å². The fourth-order valence-corrected chi connectivity index (χ4v) is 4.43. The molecule has 1 heterocycles. The molecule has 0 saturated heterocycles. The monoisotopic (exact) mass is 399 g/mol. The summed E-state index contributed by atoms with van der Waals surface area (Å²) in [4.78, 5) is 15.1. The molecule has 0 radical (unpaired) electrons. The van der Waals surface area contributed by atoms with Gasteiger partial charge in [0.2, 0.25) is 5.91 Å². The van der Waals surface area contributed by atoms with E-state index in [0.717, 1.165) is 29.1 Å². The predicted octanol–water partition coefficient (Wildman–Crippen LogP) is 4.57. The van der Waals surface area contributed by atoms with Gasteiger partial charge in [-0.2, -0.15) is 0 Å². The number of hydrogen-bond acceptors (Lipinski definition) is 4. The topological polar surface area (TPSA) is 48.0 Å². The van der Waals surface area contributed by atoms with Crippen LogP contribution in [-0.2, 0) is 4.79 Å². The summed E-state index contributed by atoms with van der Waals surface area (Å²) >= 11 is 0. The van der Waals surface area contributed by atoms with Crippen molar-refractivity contribution in [3.63, 3.8) is 0 Å². The summed E-state index contributed by atoms with van der Waals surface area (Å²) < 4.78 is 16.5. The molecule has 29 heavy (non-hydrogen) atoms. The second-order valence-electron chi connectivity index (χ2n) is 8.74. The number of rotatable bonds is 6. The van der Waals surface area contributed by atoms with Crippen molar-refractivity contribution in [2.24, 2.45) is 17.3 Å². The van der Waals surface area contributed by atoms with Gasteiger partial charge in [-0.25, -0.2) is 0 Å². The number of methoxy groups -OCH3 is 3. The smallest absolute Gasteiger partial charge is 0.227 e. The fraction of sp³-hybridized carbons (Fsp3) is 0.542. The molecule has 1 saturated carbocycles. The summed E-state index contributed by atoms with van der Waals surface area (Å²) in [6.07, 6.45) is 5.14. The highest BCUT2D eigenvalue weighted by Gasteiger charge is 2.61. The standard InChI is InChI=1S/C24H33NO4/c1-15(2)12-18-22(24(18,3)4)23(26)25-10-8-16(9-11-25)21-19(28-6)13-17(27-5)14-20(21)29-7/h8,12-14,18,22H,9-11H2,1-7H3/t18-,22+/m0/s1. The van der Waals surface area contributed by atoms with Crippen LogP contribution in [0.3, 0.4) is 0 Å². The Morgan fingerprint density at radius 2 is 1.72 bits per heavy atom. The molecule has 5 nitrogen and oxygen atoms in total. The van der Waals surface area contributed by atoms with E-state index in [2.05, 4.69) is 39.8 Å². The molecule has 0 bridgehead atoms. The molecule has 5 heteroatoms. The third-order valence-electron chi connectivity index (χ3n) is 6.25. The van der Waals surface area contributed by atoms with E-state index in [-0.39, 0.29) is 17.2 Å². The summed E-state index contributed by atoms with van der Waals surface area (Å²) in [6, 6.07) is 3.74. The van der Waals surface area contributed by atoms with Gasteiger partial charge in [-0.1, -0.05) is 31.6 Å². The van der Waals surface area contributed by atoms with E-state index in [0.29, 0.717) is 24.8 Å². The molecule has 3 rings (SSSR count). The number of nitrogens with zero attached hydrogens (tertiary/aromatic N) is 1. The molecule has 1 fully saturated rings. The zero-order chi connectivity index (χ0) is 21.3. The van der Waals surface area contributed by atoms with Crippen LogP contribution in [0.15, 0.2) is 29.9 Å². The van der Waals surface area contributed by atoms with E-state index in [4.69, 9.17) is 14.2 Å². The molecule has 2 atom stereocenters. The Kier molecular flexibility index (Phi) is 5.97. The fourth-order valence-electron chi connectivity index (χ4n) is 4.43. The van der Waals surface area contributed by atoms with E-state index in [9.17, 15) is 4.79 Å². The molecule has 158 valence electrons. The summed E-state index contributed by atoms with van der Waals surface area (Å²) in [5, 5.41) is 0. The average molecular weight is 400 g/mol. The molecular weight excluding hydrogens is 366 g/mol. The summed E-state index contributed by atoms with van der Waals surface area (Å²) in [6.45, 7) is 9.90. The Morgan fingerprint density at radius 3 is 2.17 bits per heavy atom. The van der Waals surface area contributed by atoms with Crippen LogP contribution in [-0.4, -0.2) is 45.2 Å². The van der Waals surface area contributed by atoms with Gasteiger partial charge in [0.15, 0.2) is 0 Å². The zero-order valence-electron chi connectivity index (χ0n) is 18.7. The third-order valence-corrected chi connectivity index (χ3v) is 6.25. The summed E-state index contributed by atoms with van der Waals surface area (Å²) in [5.74, 6) is 2.82. The van der Waals surface area contributed by atoms with Crippen LogP contribution in [0.4, 0.5) is 0 Å².